The first-order chi connectivity index (χ1) is 6.86. The summed E-state index contributed by atoms with van der Waals surface area (Å²) >= 11 is 1.50. The zero-order valence-corrected chi connectivity index (χ0v) is 8.12. The number of carbonyl (C=O) groups is 1. The lowest BCUT2D eigenvalue weighted by Gasteiger charge is -2.01. The Morgan fingerprint density at radius 3 is 3.00 bits per heavy atom. The van der Waals surface area contributed by atoms with E-state index in [-0.39, 0.29) is 5.91 Å². The van der Waals surface area contributed by atoms with Gasteiger partial charge in [-0.3, -0.25) is 9.78 Å². The van der Waals surface area contributed by atoms with Crippen molar-refractivity contribution in [2.75, 3.05) is 5.32 Å². The van der Waals surface area contributed by atoms with E-state index in [1.807, 2.05) is 10.8 Å². The highest BCUT2D eigenvalue weighted by Gasteiger charge is 2.05. The first-order valence-corrected chi connectivity index (χ1v) is 5.04. The number of rotatable bonds is 2. The minimum Gasteiger partial charge on any atom is -0.321 e. The molecule has 0 aliphatic heterocycles. The first-order valence-electron chi connectivity index (χ1n) is 4.10. The second-order valence-corrected chi connectivity index (χ2v) is 3.49. The number of anilines is 1. The quantitative estimate of drug-likeness (QED) is 0.816. The van der Waals surface area contributed by atoms with E-state index < -0.39 is 0 Å². The SMILES string of the molecule is O=C(Nc1cccnc1)c1ccsc1. The van der Waals surface area contributed by atoms with Crippen LogP contribution in [-0.2, 0) is 0 Å². The smallest absolute Gasteiger partial charge is 0.256 e. The van der Waals surface area contributed by atoms with Crippen LogP contribution in [0.25, 0.3) is 0 Å². The standard InChI is InChI=1S/C10H8N2OS/c13-10(8-3-5-14-7-8)12-9-2-1-4-11-6-9/h1-7H,(H,12,13). The van der Waals surface area contributed by atoms with Gasteiger partial charge in [0.25, 0.3) is 5.91 Å². The van der Waals surface area contributed by atoms with Crippen molar-refractivity contribution in [3.05, 3.63) is 46.9 Å². The monoisotopic (exact) mass is 204 g/mol. The molecule has 70 valence electrons. The van der Waals surface area contributed by atoms with Gasteiger partial charge in [-0.2, -0.15) is 11.3 Å². The highest BCUT2D eigenvalue weighted by Crippen LogP contribution is 2.09. The van der Waals surface area contributed by atoms with E-state index in [0.717, 1.165) is 0 Å². The van der Waals surface area contributed by atoms with Crippen molar-refractivity contribution in [3.63, 3.8) is 0 Å². The molecule has 0 spiro atoms. The molecule has 0 aliphatic carbocycles. The van der Waals surface area contributed by atoms with Crippen LogP contribution in [0.1, 0.15) is 10.4 Å². The van der Waals surface area contributed by atoms with E-state index in [0.29, 0.717) is 11.3 Å². The summed E-state index contributed by atoms with van der Waals surface area (Å²) in [5, 5.41) is 6.43. The average Bonchev–Trinajstić information content (AvgIpc) is 2.72. The fourth-order valence-electron chi connectivity index (χ4n) is 1.03. The number of hydrogen-bond acceptors (Lipinski definition) is 3. The van der Waals surface area contributed by atoms with Crippen LogP contribution in [0, 0.1) is 0 Å². The minimum absolute atomic E-state index is 0.0979. The van der Waals surface area contributed by atoms with Gasteiger partial charge in [0, 0.05) is 11.6 Å². The number of thiophene rings is 1. The highest BCUT2D eigenvalue weighted by atomic mass is 32.1. The van der Waals surface area contributed by atoms with Crippen LogP contribution < -0.4 is 5.32 Å². The van der Waals surface area contributed by atoms with Crippen LogP contribution >= 0.6 is 11.3 Å². The summed E-state index contributed by atoms with van der Waals surface area (Å²) in [6, 6.07) is 5.37. The van der Waals surface area contributed by atoms with Gasteiger partial charge < -0.3 is 5.32 Å². The van der Waals surface area contributed by atoms with Crippen LogP contribution in [0.4, 0.5) is 5.69 Å². The predicted octanol–water partition coefficient (Wildman–Crippen LogP) is 2.40. The molecule has 2 heterocycles. The maximum absolute atomic E-state index is 11.5. The Morgan fingerprint density at radius 2 is 2.36 bits per heavy atom. The van der Waals surface area contributed by atoms with Crippen molar-refractivity contribution in [2.45, 2.75) is 0 Å². The molecule has 2 aromatic rings. The zero-order chi connectivity index (χ0) is 9.80. The van der Waals surface area contributed by atoms with Crippen LogP contribution in [-0.4, -0.2) is 10.9 Å². The van der Waals surface area contributed by atoms with E-state index in [1.165, 1.54) is 11.3 Å². The molecule has 2 rings (SSSR count). The lowest BCUT2D eigenvalue weighted by molar-refractivity contribution is 0.102. The Balaban J connectivity index is 2.10. The number of nitrogens with one attached hydrogen (secondary N) is 1. The molecule has 0 unspecified atom stereocenters. The van der Waals surface area contributed by atoms with E-state index in [2.05, 4.69) is 10.3 Å². The molecular weight excluding hydrogens is 196 g/mol. The van der Waals surface area contributed by atoms with Crippen LogP contribution in [0.2, 0.25) is 0 Å². The molecule has 0 aromatic carbocycles. The molecule has 0 bridgehead atoms. The van der Waals surface area contributed by atoms with Gasteiger partial charge in [0.15, 0.2) is 0 Å². The Kier molecular flexibility index (Phi) is 2.55. The summed E-state index contributed by atoms with van der Waals surface area (Å²) in [5.74, 6) is -0.0979. The molecule has 3 nitrogen and oxygen atoms in total. The maximum Gasteiger partial charge on any atom is 0.256 e. The Hall–Kier alpha value is -1.68. The molecule has 1 amide bonds. The molecule has 14 heavy (non-hydrogen) atoms. The lowest BCUT2D eigenvalue weighted by atomic mass is 10.3. The predicted molar refractivity (Wildman–Crippen MR) is 56.5 cm³/mol. The van der Waals surface area contributed by atoms with E-state index in [1.54, 1.807) is 30.6 Å². The molecule has 0 fully saturated rings. The number of carbonyl (C=O) groups excluding carboxylic acids is 1. The summed E-state index contributed by atoms with van der Waals surface area (Å²) < 4.78 is 0. The third-order valence-electron chi connectivity index (χ3n) is 1.70. The van der Waals surface area contributed by atoms with E-state index in [4.69, 9.17) is 0 Å². The number of nitrogens with zero attached hydrogens (tertiary/aromatic N) is 1. The van der Waals surface area contributed by atoms with Crippen molar-refractivity contribution < 1.29 is 4.79 Å². The normalized spacial score (nSPS) is 9.71. The van der Waals surface area contributed by atoms with Crippen molar-refractivity contribution in [3.8, 4) is 0 Å². The molecular formula is C10H8N2OS. The summed E-state index contributed by atoms with van der Waals surface area (Å²) in [6.07, 6.45) is 3.28. The number of hydrogen-bond donors (Lipinski definition) is 1. The van der Waals surface area contributed by atoms with Gasteiger partial charge in [-0.15, -0.1) is 0 Å². The molecule has 0 atom stereocenters. The summed E-state index contributed by atoms with van der Waals surface area (Å²) in [4.78, 5) is 15.4. The van der Waals surface area contributed by atoms with Crippen molar-refractivity contribution in [1.82, 2.24) is 4.98 Å². The van der Waals surface area contributed by atoms with Crippen molar-refractivity contribution >= 4 is 22.9 Å². The van der Waals surface area contributed by atoms with Gasteiger partial charge in [0.1, 0.15) is 0 Å². The summed E-state index contributed by atoms with van der Waals surface area (Å²) in [6.45, 7) is 0. The molecule has 4 heteroatoms. The number of amides is 1. The fourth-order valence-corrected chi connectivity index (χ4v) is 1.67. The third kappa shape index (κ3) is 1.97. The largest absolute Gasteiger partial charge is 0.321 e. The number of aromatic nitrogens is 1. The molecule has 2 aromatic heterocycles. The Bertz CT molecular complexity index is 411. The second kappa shape index (κ2) is 4.02. The van der Waals surface area contributed by atoms with Gasteiger partial charge in [-0.05, 0) is 23.6 Å². The van der Waals surface area contributed by atoms with Crippen LogP contribution in [0.3, 0.4) is 0 Å². The maximum atomic E-state index is 11.5. The molecule has 0 saturated carbocycles. The molecule has 0 radical (unpaired) electrons. The number of pyridine rings is 1. The van der Waals surface area contributed by atoms with Gasteiger partial charge in [0.2, 0.25) is 0 Å². The second-order valence-electron chi connectivity index (χ2n) is 2.71. The average molecular weight is 204 g/mol. The summed E-state index contributed by atoms with van der Waals surface area (Å²) in [7, 11) is 0. The zero-order valence-electron chi connectivity index (χ0n) is 7.31. The van der Waals surface area contributed by atoms with Crippen LogP contribution in [0.15, 0.2) is 41.4 Å². The van der Waals surface area contributed by atoms with Crippen molar-refractivity contribution in [2.24, 2.45) is 0 Å². The highest BCUT2D eigenvalue weighted by molar-refractivity contribution is 7.08. The Labute approximate surface area is 85.4 Å². The summed E-state index contributed by atoms with van der Waals surface area (Å²) in [5.41, 5.74) is 1.39. The molecule has 0 saturated heterocycles. The van der Waals surface area contributed by atoms with Crippen LogP contribution in [0.5, 0.6) is 0 Å². The van der Waals surface area contributed by atoms with Gasteiger partial charge >= 0.3 is 0 Å². The van der Waals surface area contributed by atoms with Gasteiger partial charge in [-0.25, -0.2) is 0 Å². The van der Waals surface area contributed by atoms with E-state index in [9.17, 15) is 4.79 Å². The molecule has 0 aliphatic rings. The Morgan fingerprint density at radius 1 is 1.43 bits per heavy atom. The first kappa shape index (κ1) is 8.90. The minimum atomic E-state index is -0.0979. The molecule has 1 N–H and O–H groups in total. The van der Waals surface area contributed by atoms with E-state index >= 15 is 0 Å². The topological polar surface area (TPSA) is 42.0 Å². The fraction of sp³-hybridized carbons (Fsp3) is 0. The lowest BCUT2D eigenvalue weighted by Crippen LogP contribution is -2.10. The van der Waals surface area contributed by atoms with Gasteiger partial charge in [-0.1, -0.05) is 0 Å². The van der Waals surface area contributed by atoms with Gasteiger partial charge in [0.05, 0.1) is 17.4 Å². The third-order valence-corrected chi connectivity index (χ3v) is 2.39. The van der Waals surface area contributed by atoms with Crippen molar-refractivity contribution in [1.29, 1.82) is 0 Å².